The van der Waals surface area contributed by atoms with Gasteiger partial charge >= 0.3 is 0 Å². The first-order valence-corrected chi connectivity index (χ1v) is 7.04. The topological polar surface area (TPSA) is 24.9 Å². The van der Waals surface area contributed by atoms with E-state index in [0.29, 0.717) is 6.04 Å². The molecule has 3 heteroatoms. The lowest BCUT2D eigenvalue weighted by molar-refractivity contribution is 0.258. The summed E-state index contributed by atoms with van der Waals surface area (Å²) in [4.78, 5) is 4.28. The first-order valence-electron chi connectivity index (χ1n) is 7.04. The molecule has 1 N–H and O–H groups in total. The van der Waals surface area contributed by atoms with Crippen molar-refractivity contribution in [2.75, 3.05) is 0 Å². The summed E-state index contributed by atoms with van der Waals surface area (Å²) in [6, 6.07) is 4.86. The van der Waals surface area contributed by atoms with Crippen molar-refractivity contribution in [2.24, 2.45) is 0 Å². The normalized spacial score (nSPS) is 32.4. The van der Waals surface area contributed by atoms with Crippen LogP contribution in [0.25, 0.3) is 0 Å². The van der Waals surface area contributed by atoms with Gasteiger partial charge in [0, 0.05) is 23.2 Å². The number of hydrogen-bond acceptors (Lipinski definition) is 2. The molecule has 0 atom stereocenters. The highest BCUT2D eigenvalue weighted by Gasteiger charge is 2.35. The molecule has 18 heavy (non-hydrogen) atoms. The second-order valence-electron chi connectivity index (χ2n) is 6.14. The van der Waals surface area contributed by atoms with Crippen molar-refractivity contribution in [3.63, 3.8) is 0 Å². The van der Waals surface area contributed by atoms with E-state index in [-0.39, 0.29) is 11.2 Å². The maximum Gasteiger partial charge on any atom is 0.141 e. The molecule has 1 aromatic rings. The molecule has 2 saturated carbocycles. The fourth-order valence-electron chi connectivity index (χ4n) is 2.99. The van der Waals surface area contributed by atoms with Crippen LogP contribution >= 0.6 is 0 Å². The summed E-state index contributed by atoms with van der Waals surface area (Å²) in [5.41, 5.74) is 1.18. The standard InChI is InChI=1S/C15H21FN2/c1-15(14-5-2-11(16)10-17-14)8-6-13(7-9-15)18-12-3-4-12/h2,5,10,12-13,18H,3-4,6-9H2,1H3. The maximum absolute atomic E-state index is 12.9. The van der Waals surface area contributed by atoms with Gasteiger partial charge in [0.05, 0.1) is 6.20 Å². The molecule has 0 aromatic carbocycles. The van der Waals surface area contributed by atoms with Crippen LogP contribution in [0.2, 0.25) is 0 Å². The van der Waals surface area contributed by atoms with Crippen LogP contribution in [-0.4, -0.2) is 17.1 Å². The van der Waals surface area contributed by atoms with Gasteiger partial charge in [-0.05, 0) is 50.7 Å². The predicted octanol–water partition coefficient (Wildman–Crippen LogP) is 3.17. The molecule has 0 radical (unpaired) electrons. The molecule has 2 aliphatic carbocycles. The third-order valence-corrected chi connectivity index (χ3v) is 4.48. The van der Waals surface area contributed by atoms with Crippen molar-refractivity contribution in [3.8, 4) is 0 Å². The van der Waals surface area contributed by atoms with Gasteiger partial charge in [-0.1, -0.05) is 6.92 Å². The number of halogens is 1. The summed E-state index contributed by atoms with van der Waals surface area (Å²) in [6.45, 7) is 2.26. The van der Waals surface area contributed by atoms with E-state index in [1.165, 1.54) is 37.9 Å². The van der Waals surface area contributed by atoms with E-state index >= 15 is 0 Å². The van der Waals surface area contributed by atoms with Crippen molar-refractivity contribution < 1.29 is 4.39 Å². The Morgan fingerprint density at radius 3 is 2.39 bits per heavy atom. The highest BCUT2D eigenvalue weighted by atomic mass is 19.1. The molecule has 98 valence electrons. The molecule has 2 aliphatic rings. The average Bonchev–Trinajstić information content (AvgIpc) is 3.17. The minimum Gasteiger partial charge on any atom is -0.311 e. The molecule has 3 rings (SSSR count). The summed E-state index contributed by atoms with van der Waals surface area (Å²) in [5.74, 6) is -0.244. The molecule has 1 heterocycles. The average molecular weight is 248 g/mol. The fourth-order valence-corrected chi connectivity index (χ4v) is 2.99. The minimum absolute atomic E-state index is 0.134. The van der Waals surface area contributed by atoms with Crippen LogP contribution in [0.4, 0.5) is 4.39 Å². The molecule has 0 aliphatic heterocycles. The highest BCUT2D eigenvalue weighted by Crippen LogP contribution is 2.38. The van der Waals surface area contributed by atoms with Gasteiger partial charge in [0.1, 0.15) is 5.82 Å². The zero-order valence-electron chi connectivity index (χ0n) is 11.0. The largest absolute Gasteiger partial charge is 0.311 e. The van der Waals surface area contributed by atoms with Gasteiger partial charge in [-0.2, -0.15) is 0 Å². The summed E-state index contributed by atoms with van der Waals surface area (Å²) in [7, 11) is 0. The van der Waals surface area contributed by atoms with E-state index in [4.69, 9.17) is 0 Å². The second kappa shape index (κ2) is 4.61. The molecular weight excluding hydrogens is 227 g/mol. The number of nitrogens with one attached hydrogen (secondary N) is 1. The van der Waals surface area contributed by atoms with E-state index in [1.54, 1.807) is 0 Å². The smallest absolute Gasteiger partial charge is 0.141 e. The minimum atomic E-state index is -0.244. The van der Waals surface area contributed by atoms with Crippen molar-refractivity contribution in [3.05, 3.63) is 29.8 Å². The van der Waals surface area contributed by atoms with Crippen molar-refractivity contribution in [1.82, 2.24) is 10.3 Å². The Labute approximate surface area is 108 Å². The van der Waals surface area contributed by atoms with Gasteiger partial charge in [0.25, 0.3) is 0 Å². The van der Waals surface area contributed by atoms with Crippen molar-refractivity contribution >= 4 is 0 Å². The summed E-state index contributed by atoms with van der Waals surface area (Å²) in [5, 5.41) is 3.71. The van der Waals surface area contributed by atoms with Gasteiger partial charge in [-0.3, -0.25) is 4.98 Å². The van der Waals surface area contributed by atoms with Gasteiger partial charge in [-0.25, -0.2) is 4.39 Å². The van der Waals surface area contributed by atoms with Crippen LogP contribution in [0.5, 0.6) is 0 Å². The molecule has 0 saturated heterocycles. The first-order chi connectivity index (χ1) is 8.66. The lowest BCUT2D eigenvalue weighted by Gasteiger charge is -2.37. The molecule has 2 nitrogen and oxygen atoms in total. The predicted molar refractivity (Wildman–Crippen MR) is 70.0 cm³/mol. The molecule has 0 unspecified atom stereocenters. The highest BCUT2D eigenvalue weighted by molar-refractivity contribution is 5.17. The first kappa shape index (κ1) is 12.1. The van der Waals surface area contributed by atoms with E-state index in [0.717, 1.165) is 24.6 Å². The third-order valence-electron chi connectivity index (χ3n) is 4.48. The van der Waals surface area contributed by atoms with Gasteiger partial charge in [0.2, 0.25) is 0 Å². The van der Waals surface area contributed by atoms with E-state index < -0.39 is 0 Å². The Hall–Kier alpha value is -0.960. The zero-order chi connectivity index (χ0) is 12.6. The fraction of sp³-hybridized carbons (Fsp3) is 0.667. The maximum atomic E-state index is 12.9. The Morgan fingerprint density at radius 1 is 1.17 bits per heavy atom. The SMILES string of the molecule is CC1(c2ccc(F)cn2)CCC(NC2CC2)CC1. The molecule has 0 bridgehead atoms. The summed E-state index contributed by atoms with van der Waals surface area (Å²) >= 11 is 0. The zero-order valence-corrected chi connectivity index (χ0v) is 11.0. The van der Waals surface area contributed by atoms with Crippen molar-refractivity contribution in [1.29, 1.82) is 0 Å². The van der Waals surface area contributed by atoms with Gasteiger partial charge in [-0.15, -0.1) is 0 Å². The molecule has 0 amide bonds. The van der Waals surface area contributed by atoms with E-state index in [9.17, 15) is 4.39 Å². The Kier molecular flexibility index (Phi) is 3.10. The number of nitrogens with zero attached hydrogens (tertiary/aromatic N) is 1. The summed E-state index contributed by atoms with van der Waals surface area (Å²) < 4.78 is 12.9. The molecule has 2 fully saturated rings. The van der Waals surface area contributed by atoms with Crippen LogP contribution in [0.3, 0.4) is 0 Å². The summed E-state index contributed by atoms with van der Waals surface area (Å²) in [6.07, 6.45) is 8.78. The molecule has 0 spiro atoms. The number of rotatable bonds is 3. The third kappa shape index (κ3) is 2.56. The quantitative estimate of drug-likeness (QED) is 0.888. The van der Waals surface area contributed by atoms with E-state index in [1.807, 2.05) is 6.07 Å². The molecule has 1 aromatic heterocycles. The Morgan fingerprint density at radius 2 is 1.83 bits per heavy atom. The van der Waals surface area contributed by atoms with Crippen LogP contribution in [0.15, 0.2) is 18.3 Å². The van der Waals surface area contributed by atoms with Gasteiger partial charge in [0.15, 0.2) is 0 Å². The van der Waals surface area contributed by atoms with Crippen LogP contribution in [-0.2, 0) is 5.41 Å². The van der Waals surface area contributed by atoms with Crippen LogP contribution in [0.1, 0.15) is 51.1 Å². The monoisotopic (exact) mass is 248 g/mol. The van der Waals surface area contributed by atoms with Crippen molar-refractivity contribution in [2.45, 2.75) is 62.9 Å². The lowest BCUT2D eigenvalue weighted by Crippen LogP contribution is -2.39. The lowest BCUT2D eigenvalue weighted by atomic mass is 9.71. The number of pyridine rings is 1. The van der Waals surface area contributed by atoms with Gasteiger partial charge < -0.3 is 5.32 Å². The second-order valence-corrected chi connectivity index (χ2v) is 6.14. The Balaban J connectivity index is 1.63. The van der Waals surface area contributed by atoms with E-state index in [2.05, 4.69) is 17.2 Å². The van der Waals surface area contributed by atoms with Crippen LogP contribution < -0.4 is 5.32 Å². The number of hydrogen-bond donors (Lipinski definition) is 1. The number of aromatic nitrogens is 1. The van der Waals surface area contributed by atoms with Crippen LogP contribution in [0, 0.1) is 5.82 Å². The molecular formula is C15H21FN2. The Bertz CT molecular complexity index is 403.